The van der Waals surface area contributed by atoms with Gasteiger partial charge in [-0.25, -0.2) is 0 Å². The number of rotatable bonds is 7. The number of nitrogens with one attached hydrogen (secondary N) is 1. The zero-order valence-corrected chi connectivity index (χ0v) is 11.1. The Kier molecular flexibility index (Phi) is 5.58. The highest BCUT2D eigenvalue weighted by atomic mass is 16.6. The third-order valence-electron chi connectivity index (χ3n) is 2.64. The molecule has 1 rings (SSSR count). The summed E-state index contributed by atoms with van der Waals surface area (Å²) in [4.78, 5) is 10.5. The van der Waals surface area contributed by atoms with Gasteiger partial charge in [-0.05, 0) is 19.0 Å². The van der Waals surface area contributed by atoms with Crippen molar-refractivity contribution >= 4 is 5.69 Å². The summed E-state index contributed by atoms with van der Waals surface area (Å²) in [6.07, 6.45) is 0. The van der Waals surface area contributed by atoms with Gasteiger partial charge in [-0.2, -0.15) is 0 Å². The van der Waals surface area contributed by atoms with Crippen LogP contribution in [-0.4, -0.2) is 24.6 Å². The van der Waals surface area contributed by atoms with Crippen LogP contribution in [0.15, 0.2) is 18.2 Å². The van der Waals surface area contributed by atoms with E-state index in [4.69, 9.17) is 4.74 Å². The summed E-state index contributed by atoms with van der Waals surface area (Å²) in [7, 11) is 0. The standard InChI is InChI=1S/C13H20N2O3/c1-4-14-8-10(2)9-18-13-11(3)6-5-7-12(13)15(16)17/h5-7,10,14H,4,8-9H2,1-3H3. The summed E-state index contributed by atoms with van der Waals surface area (Å²) in [6.45, 7) is 8.13. The van der Waals surface area contributed by atoms with E-state index in [9.17, 15) is 10.1 Å². The molecule has 1 atom stereocenters. The minimum Gasteiger partial charge on any atom is -0.486 e. The Morgan fingerprint density at radius 1 is 1.50 bits per heavy atom. The Labute approximate surface area is 107 Å². The molecule has 0 bridgehead atoms. The Balaban J connectivity index is 2.69. The topological polar surface area (TPSA) is 64.4 Å². The monoisotopic (exact) mass is 252 g/mol. The average molecular weight is 252 g/mol. The minimum atomic E-state index is -0.405. The van der Waals surface area contributed by atoms with E-state index in [-0.39, 0.29) is 5.69 Å². The van der Waals surface area contributed by atoms with Crippen molar-refractivity contribution in [1.29, 1.82) is 0 Å². The van der Waals surface area contributed by atoms with Crippen molar-refractivity contribution in [3.8, 4) is 5.75 Å². The molecule has 100 valence electrons. The lowest BCUT2D eigenvalue weighted by Crippen LogP contribution is -2.24. The molecule has 0 amide bonds. The maximum atomic E-state index is 10.9. The molecule has 1 N–H and O–H groups in total. The predicted octanol–water partition coefficient (Wildman–Crippen LogP) is 2.53. The maximum Gasteiger partial charge on any atom is 0.311 e. The number of para-hydroxylation sites is 1. The molecule has 0 aliphatic heterocycles. The number of nitro groups is 1. The number of nitro benzene ring substituents is 1. The molecule has 5 heteroatoms. The van der Waals surface area contributed by atoms with Crippen LogP contribution in [0.4, 0.5) is 5.69 Å². The fourth-order valence-corrected chi connectivity index (χ4v) is 1.64. The second kappa shape index (κ2) is 6.96. The molecule has 0 aliphatic rings. The number of aryl methyl sites for hydroxylation is 1. The molecule has 0 heterocycles. The van der Waals surface area contributed by atoms with Crippen LogP contribution in [0.3, 0.4) is 0 Å². The Bertz CT molecular complexity index is 407. The Hall–Kier alpha value is -1.62. The normalized spacial score (nSPS) is 12.2. The fraction of sp³-hybridized carbons (Fsp3) is 0.538. The van der Waals surface area contributed by atoms with Crippen molar-refractivity contribution in [1.82, 2.24) is 5.32 Å². The van der Waals surface area contributed by atoms with E-state index in [2.05, 4.69) is 5.32 Å². The van der Waals surface area contributed by atoms with E-state index in [1.54, 1.807) is 6.07 Å². The van der Waals surface area contributed by atoms with E-state index in [1.807, 2.05) is 26.8 Å². The lowest BCUT2D eigenvalue weighted by Gasteiger charge is -2.14. The summed E-state index contributed by atoms with van der Waals surface area (Å²) >= 11 is 0. The average Bonchev–Trinajstić information content (AvgIpc) is 2.34. The molecular formula is C13H20N2O3. The van der Waals surface area contributed by atoms with Crippen LogP contribution < -0.4 is 10.1 Å². The van der Waals surface area contributed by atoms with Gasteiger partial charge in [-0.15, -0.1) is 0 Å². The molecule has 0 saturated carbocycles. The summed E-state index contributed by atoms with van der Waals surface area (Å²) in [6, 6.07) is 4.96. The van der Waals surface area contributed by atoms with Crippen LogP contribution in [0.2, 0.25) is 0 Å². The molecule has 5 nitrogen and oxygen atoms in total. The SMILES string of the molecule is CCNCC(C)COc1c(C)cccc1[N+](=O)[O-]. The Morgan fingerprint density at radius 3 is 2.83 bits per heavy atom. The van der Waals surface area contributed by atoms with Gasteiger partial charge in [0.15, 0.2) is 5.75 Å². The van der Waals surface area contributed by atoms with Crippen LogP contribution in [0.1, 0.15) is 19.4 Å². The van der Waals surface area contributed by atoms with Crippen LogP contribution in [0.5, 0.6) is 5.75 Å². The number of hydrogen-bond acceptors (Lipinski definition) is 4. The summed E-state index contributed by atoms with van der Waals surface area (Å²) < 4.78 is 5.61. The molecule has 1 aromatic rings. The number of nitrogens with zero attached hydrogens (tertiary/aromatic N) is 1. The molecule has 0 fully saturated rings. The van der Waals surface area contributed by atoms with Gasteiger partial charge >= 0.3 is 5.69 Å². The van der Waals surface area contributed by atoms with Crippen LogP contribution in [0.25, 0.3) is 0 Å². The molecule has 1 aromatic carbocycles. The van der Waals surface area contributed by atoms with Crippen molar-refractivity contribution in [2.75, 3.05) is 19.7 Å². The molecule has 0 saturated heterocycles. The van der Waals surface area contributed by atoms with Crippen LogP contribution in [-0.2, 0) is 0 Å². The van der Waals surface area contributed by atoms with Crippen molar-refractivity contribution in [3.05, 3.63) is 33.9 Å². The summed E-state index contributed by atoms with van der Waals surface area (Å²) in [5.74, 6) is 0.690. The first kappa shape index (κ1) is 14.4. The Morgan fingerprint density at radius 2 is 2.22 bits per heavy atom. The molecule has 0 spiro atoms. The second-order valence-corrected chi connectivity index (χ2v) is 4.40. The molecule has 0 aromatic heterocycles. The van der Waals surface area contributed by atoms with Crippen molar-refractivity contribution in [2.24, 2.45) is 5.92 Å². The molecule has 18 heavy (non-hydrogen) atoms. The largest absolute Gasteiger partial charge is 0.486 e. The number of ether oxygens (including phenoxy) is 1. The fourth-order valence-electron chi connectivity index (χ4n) is 1.64. The van der Waals surface area contributed by atoms with Gasteiger partial charge in [-0.1, -0.05) is 26.0 Å². The van der Waals surface area contributed by atoms with Crippen LogP contribution >= 0.6 is 0 Å². The van der Waals surface area contributed by atoms with Gasteiger partial charge in [0.1, 0.15) is 0 Å². The van der Waals surface area contributed by atoms with Crippen molar-refractivity contribution < 1.29 is 9.66 Å². The number of hydrogen-bond donors (Lipinski definition) is 1. The third kappa shape index (κ3) is 4.00. The molecule has 0 aliphatic carbocycles. The zero-order valence-electron chi connectivity index (χ0n) is 11.1. The first-order valence-electron chi connectivity index (χ1n) is 6.13. The highest BCUT2D eigenvalue weighted by Crippen LogP contribution is 2.30. The zero-order chi connectivity index (χ0) is 13.5. The van der Waals surface area contributed by atoms with Crippen molar-refractivity contribution in [3.63, 3.8) is 0 Å². The van der Waals surface area contributed by atoms with Crippen LogP contribution in [0, 0.1) is 23.0 Å². The lowest BCUT2D eigenvalue weighted by atomic mass is 10.1. The lowest BCUT2D eigenvalue weighted by molar-refractivity contribution is -0.386. The third-order valence-corrected chi connectivity index (χ3v) is 2.64. The van der Waals surface area contributed by atoms with Gasteiger partial charge < -0.3 is 10.1 Å². The van der Waals surface area contributed by atoms with Gasteiger partial charge in [0.2, 0.25) is 0 Å². The van der Waals surface area contributed by atoms with E-state index < -0.39 is 4.92 Å². The first-order valence-corrected chi connectivity index (χ1v) is 6.13. The van der Waals surface area contributed by atoms with E-state index in [0.717, 1.165) is 18.7 Å². The quantitative estimate of drug-likeness (QED) is 0.598. The maximum absolute atomic E-state index is 10.9. The number of benzene rings is 1. The van der Waals surface area contributed by atoms with Gasteiger partial charge in [0, 0.05) is 18.5 Å². The van der Waals surface area contributed by atoms with Gasteiger partial charge in [0.05, 0.1) is 11.5 Å². The molecule has 0 radical (unpaired) electrons. The van der Waals surface area contributed by atoms with E-state index in [0.29, 0.717) is 18.3 Å². The van der Waals surface area contributed by atoms with Gasteiger partial charge in [0.25, 0.3) is 0 Å². The smallest absolute Gasteiger partial charge is 0.311 e. The highest BCUT2D eigenvalue weighted by Gasteiger charge is 2.17. The highest BCUT2D eigenvalue weighted by molar-refractivity contribution is 5.51. The van der Waals surface area contributed by atoms with E-state index in [1.165, 1.54) is 6.07 Å². The molecular weight excluding hydrogens is 232 g/mol. The minimum absolute atomic E-state index is 0.0330. The predicted molar refractivity (Wildman–Crippen MR) is 71.0 cm³/mol. The second-order valence-electron chi connectivity index (χ2n) is 4.40. The summed E-state index contributed by atoms with van der Waals surface area (Å²) in [5.41, 5.74) is 0.825. The first-order chi connectivity index (χ1) is 8.56. The summed E-state index contributed by atoms with van der Waals surface area (Å²) in [5, 5.41) is 14.1. The van der Waals surface area contributed by atoms with E-state index >= 15 is 0 Å². The van der Waals surface area contributed by atoms with Crippen molar-refractivity contribution in [2.45, 2.75) is 20.8 Å². The van der Waals surface area contributed by atoms with Gasteiger partial charge in [-0.3, -0.25) is 10.1 Å². The molecule has 1 unspecified atom stereocenters.